The Hall–Kier alpha value is -1.71. The van der Waals surface area contributed by atoms with Crippen molar-refractivity contribution >= 4 is 5.91 Å². The zero-order valence-corrected chi connectivity index (χ0v) is 12.2. The van der Waals surface area contributed by atoms with Crippen molar-refractivity contribution in [2.75, 3.05) is 19.9 Å². The van der Waals surface area contributed by atoms with E-state index in [0.29, 0.717) is 24.5 Å². The molecule has 112 valence electrons. The second-order valence-electron chi connectivity index (χ2n) is 6.36. The van der Waals surface area contributed by atoms with E-state index in [1.165, 1.54) is 18.4 Å². The van der Waals surface area contributed by atoms with E-state index in [4.69, 9.17) is 9.47 Å². The number of ether oxygens (including phenoxy) is 2. The molecule has 0 radical (unpaired) electrons. The van der Waals surface area contributed by atoms with Crippen LogP contribution in [-0.4, -0.2) is 30.7 Å². The van der Waals surface area contributed by atoms with Crippen molar-refractivity contribution in [2.45, 2.75) is 38.0 Å². The lowest BCUT2D eigenvalue weighted by molar-refractivity contribution is -0.134. The molecule has 1 aromatic carbocycles. The number of hydrogen-bond donors (Lipinski definition) is 0. The summed E-state index contributed by atoms with van der Waals surface area (Å²) in [5, 5.41) is 0. The van der Waals surface area contributed by atoms with Crippen LogP contribution in [0.4, 0.5) is 0 Å². The molecule has 4 rings (SSSR count). The van der Waals surface area contributed by atoms with E-state index >= 15 is 0 Å². The van der Waals surface area contributed by atoms with Gasteiger partial charge in [-0.3, -0.25) is 4.79 Å². The Balaban J connectivity index is 1.45. The van der Waals surface area contributed by atoms with Crippen LogP contribution in [0.1, 0.15) is 43.6 Å². The number of rotatable bonds is 2. The lowest BCUT2D eigenvalue weighted by atomic mass is 9.98. The molecule has 4 nitrogen and oxygen atoms in total. The molecule has 1 amide bonds. The number of fused-ring (bicyclic) bond motifs is 1. The molecule has 3 aliphatic rings. The van der Waals surface area contributed by atoms with Gasteiger partial charge in [0, 0.05) is 24.9 Å². The summed E-state index contributed by atoms with van der Waals surface area (Å²) < 4.78 is 10.8. The maximum atomic E-state index is 12.5. The minimum atomic E-state index is 0.292. The van der Waals surface area contributed by atoms with Crippen molar-refractivity contribution in [3.63, 3.8) is 0 Å². The van der Waals surface area contributed by atoms with E-state index in [1.807, 2.05) is 6.07 Å². The summed E-state index contributed by atoms with van der Waals surface area (Å²) >= 11 is 0. The number of benzene rings is 1. The first-order valence-corrected chi connectivity index (χ1v) is 7.99. The fraction of sp³-hybridized carbons (Fsp3) is 0.588. The van der Waals surface area contributed by atoms with Crippen LogP contribution in [0.3, 0.4) is 0 Å². The van der Waals surface area contributed by atoms with Crippen molar-refractivity contribution in [1.29, 1.82) is 0 Å². The lowest BCUT2D eigenvalue weighted by Gasteiger charge is -2.20. The largest absolute Gasteiger partial charge is 0.454 e. The van der Waals surface area contributed by atoms with Crippen LogP contribution >= 0.6 is 0 Å². The maximum Gasteiger partial charge on any atom is 0.231 e. The van der Waals surface area contributed by atoms with Crippen LogP contribution in [0.15, 0.2) is 18.2 Å². The minimum absolute atomic E-state index is 0.292. The van der Waals surface area contributed by atoms with Gasteiger partial charge in [-0.15, -0.1) is 0 Å². The molecular formula is C17H21NO3. The van der Waals surface area contributed by atoms with E-state index in [0.717, 1.165) is 43.9 Å². The number of likely N-dealkylation sites (tertiary alicyclic amines) is 1. The predicted molar refractivity (Wildman–Crippen MR) is 78.5 cm³/mol. The average molecular weight is 287 g/mol. The molecule has 1 saturated heterocycles. The monoisotopic (exact) mass is 287 g/mol. The minimum Gasteiger partial charge on any atom is -0.454 e. The molecule has 2 aliphatic heterocycles. The molecule has 21 heavy (non-hydrogen) atoms. The summed E-state index contributed by atoms with van der Waals surface area (Å²) in [5.74, 6) is 2.78. The Bertz CT molecular complexity index is 551. The van der Waals surface area contributed by atoms with Crippen LogP contribution in [0, 0.1) is 5.92 Å². The second kappa shape index (κ2) is 5.24. The van der Waals surface area contributed by atoms with Crippen LogP contribution in [0.25, 0.3) is 0 Å². The third-order valence-electron chi connectivity index (χ3n) is 5.07. The van der Waals surface area contributed by atoms with Gasteiger partial charge in [-0.2, -0.15) is 0 Å². The number of carbonyl (C=O) groups is 1. The van der Waals surface area contributed by atoms with Crippen LogP contribution in [0.2, 0.25) is 0 Å². The smallest absolute Gasteiger partial charge is 0.231 e. The fourth-order valence-electron chi connectivity index (χ4n) is 3.83. The van der Waals surface area contributed by atoms with Crippen LogP contribution in [0.5, 0.6) is 11.5 Å². The van der Waals surface area contributed by atoms with Gasteiger partial charge in [0.15, 0.2) is 11.5 Å². The molecule has 4 heteroatoms. The summed E-state index contributed by atoms with van der Waals surface area (Å²) in [6, 6.07) is 6.18. The van der Waals surface area contributed by atoms with Crippen molar-refractivity contribution < 1.29 is 14.3 Å². The zero-order valence-electron chi connectivity index (χ0n) is 12.2. The Kier molecular flexibility index (Phi) is 3.24. The van der Waals surface area contributed by atoms with Gasteiger partial charge in [-0.05, 0) is 37.0 Å². The molecule has 0 N–H and O–H groups in total. The molecule has 0 aromatic heterocycles. The third kappa shape index (κ3) is 2.37. The average Bonchev–Trinajstić information content (AvgIpc) is 3.25. The van der Waals surface area contributed by atoms with Gasteiger partial charge in [0.1, 0.15) is 0 Å². The van der Waals surface area contributed by atoms with Crippen molar-refractivity contribution in [3.8, 4) is 11.5 Å². The van der Waals surface area contributed by atoms with Gasteiger partial charge in [-0.1, -0.05) is 18.9 Å². The molecule has 1 aliphatic carbocycles. The molecule has 1 aromatic rings. The van der Waals surface area contributed by atoms with E-state index in [-0.39, 0.29) is 0 Å². The first-order valence-electron chi connectivity index (χ1n) is 7.99. The topological polar surface area (TPSA) is 38.8 Å². The second-order valence-corrected chi connectivity index (χ2v) is 6.36. The molecule has 2 fully saturated rings. The Labute approximate surface area is 125 Å². The van der Waals surface area contributed by atoms with Crippen molar-refractivity contribution in [1.82, 2.24) is 4.90 Å². The molecule has 1 unspecified atom stereocenters. The van der Waals surface area contributed by atoms with Crippen molar-refractivity contribution in [3.05, 3.63) is 23.8 Å². The quantitative estimate of drug-likeness (QED) is 0.839. The highest BCUT2D eigenvalue weighted by Gasteiger charge is 2.33. The number of carbonyl (C=O) groups excluding carboxylic acids is 1. The Morgan fingerprint density at radius 3 is 2.76 bits per heavy atom. The normalized spacial score (nSPS) is 24.8. The molecule has 0 spiro atoms. The molecule has 1 saturated carbocycles. The molecule has 1 atom stereocenters. The number of nitrogens with zero attached hydrogens (tertiary/aromatic N) is 1. The third-order valence-corrected chi connectivity index (χ3v) is 5.07. The fourth-order valence-corrected chi connectivity index (χ4v) is 3.83. The molecular weight excluding hydrogens is 266 g/mol. The highest BCUT2D eigenvalue weighted by atomic mass is 16.7. The highest BCUT2D eigenvalue weighted by molar-refractivity contribution is 5.79. The summed E-state index contributed by atoms with van der Waals surface area (Å²) in [7, 11) is 0. The summed E-state index contributed by atoms with van der Waals surface area (Å²) in [4.78, 5) is 14.6. The zero-order chi connectivity index (χ0) is 14.2. The van der Waals surface area contributed by atoms with Crippen LogP contribution < -0.4 is 9.47 Å². The first-order chi connectivity index (χ1) is 10.3. The van der Waals surface area contributed by atoms with E-state index in [9.17, 15) is 4.79 Å². The SMILES string of the molecule is O=C(C1CCCC1)N1CCC(c2ccc3c(c2)OCO3)C1. The van der Waals surface area contributed by atoms with E-state index < -0.39 is 0 Å². The van der Waals surface area contributed by atoms with Gasteiger partial charge >= 0.3 is 0 Å². The molecule has 2 heterocycles. The Morgan fingerprint density at radius 1 is 1.10 bits per heavy atom. The van der Waals surface area contributed by atoms with E-state index in [1.54, 1.807) is 0 Å². The lowest BCUT2D eigenvalue weighted by Crippen LogP contribution is -2.33. The van der Waals surface area contributed by atoms with Gasteiger partial charge in [-0.25, -0.2) is 0 Å². The standard InChI is InChI=1S/C17H21NO3/c19-17(12-3-1-2-4-12)18-8-7-14(10-18)13-5-6-15-16(9-13)21-11-20-15/h5-6,9,12,14H,1-4,7-8,10-11H2. The first kappa shape index (κ1) is 13.0. The number of amides is 1. The van der Waals surface area contributed by atoms with Crippen molar-refractivity contribution in [2.24, 2.45) is 5.92 Å². The maximum absolute atomic E-state index is 12.5. The van der Waals surface area contributed by atoms with Gasteiger partial charge in [0.2, 0.25) is 12.7 Å². The van der Waals surface area contributed by atoms with Gasteiger partial charge in [0.05, 0.1) is 0 Å². The van der Waals surface area contributed by atoms with Crippen LogP contribution in [-0.2, 0) is 4.79 Å². The molecule has 0 bridgehead atoms. The summed E-state index contributed by atoms with van der Waals surface area (Å²) in [6.07, 6.45) is 5.66. The van der Waals surface area contributed by atoms with E-state index in [2.05, 4.69) is 17.0 Å². The van der Waals surface area contributed by atoms with Gasteiger partial charge < -0.3 is 14.4 Å². The predicted octanol–water partition coefficient (Wildman–Crippen LogP) is 2.92. The Morgan fingerprint density at radius 2 is 1.90 bits per heavy atom. The summed E-state index contributed by atoms with van der Waals surface area (Å²) in [6.45, 7) is 2.07. The number of hydrogen-bond acceptors (Lipinski definition) is 3. The summed E-state index contributed by atoms with van der Waals surface area (Å²) in [5.41, 5.74) is 1.26. The highest BCUT2D eigenvalue weighted by Crippen LogP contribution is 2.38. The van der Waals surface area contributed by atoms with Gasteiger partial charge in [0.25, 0.3) is 0 Å².